The molecule has 0 aromatic heterocycles. The Labute approximate surface area is 155 Å². The molecule has 1 heterocycles. The molecule has 0 radical (unpaired) electrons. The van der Waals surface area contributed by atoms with Crippen LogP contribution in [-0.4, -0.2) is 12.1 Å². The van der Waals surface area contributed by atoms with E-state index in [1.165, 1.54) is 5.56 Å². The Hall–Kier alpha value is -2.16. The molecule has 0 aliphatic carbocycles. The van der Waals surface area contributed by atoms with E-state index in [1.807, 2.05) is 19.1 Å². The van der Waals surface area contributed by atoms with Crippen LogP contribution in [0.25, 0.3) is 0 Å². The maximum absolute atomic E-state index is 15.2. The fraction of sp³-hybridized carbons (Fsp3) is 0.435. The molecule has 2 atom stereocenters. The number of hydrogen-bond acceptors (Lipinski definition) is 2. The molecule has 3 rings (SSSR count). The van der Waals surface area contributed by atoms with Gasteiger partial charge in [0, 0.05) is 12.3 Å². The lowest BCUT2D eigenvalue weighted by molar-refractivity contribution is 0.0229. The van der Waals surface area contributed by atoms with E-state index >= 15 is 4.39 Å². The fourth-order valence-corrected chi connectivity index (χ4v) is 3.78. The van der Waals surface area contributed by atoms with Gasteiger partial charge >= 0.3 is 5.97 Å². The Morgan fingerprint density at radius 1 is 1.12 bits per heavy atom. The highest BCUT2D eigenvalue weighted by Crippen LogP contribution is 2.33. The molecule has 0 saturated heterocycles. The van der Waals surface area contributed by atoms with Crippen LogP contribution in [0.15, 0.2) is 36.4 Å². The molecule has 0 spiro atoms. The van der Waals surface area contributed by atoms with Gasteiger partial charge < -0.3 is 4.74 Å². The van der Waals surface area contributed by atoms with E-state index in [4.69, 9.17) is 4.74 Å². The lowest BCUT2D eigenvalue weighted by Crippen LogP contribution is -2.29. The molecular weight excluding hydrogens is 327 g/mol. The van der Waals surface area contributed by atoms with Crippen molar-refractivity contribution in [3.63, 3.8) is 0 Å². The van der Waals surface area contributed by atoms with Gasteiger partial charge in [-0.15, -0.1) is 0 Å². The lowest BCUT2D eigenvalue weighted by atomic mass is 9.87. The van der Waals surface area contributed by atoms with Crippen molar-refractivity contribution in [2.75, 3.05) is 0 Å². The second-order valence-corrected chi connectivity index (χ2v) is 7.24. The van der Waals surface area contributed by atoms with E-state index in [0.29, 0.717) is 12.0 Å². The fourth-order valence-electron chi connectivity index (χ4n) is 3.78. The maximum Gasteiger partial charge on any atom is 0.341 e. The predicted octanol–water partition coefficient (Wildman–Crippen LogP) is 5.81. The van der Waals surface area contributed by atoms with Crippen molar-refractivity contribution < 1.29 is 13.9 Å². The highest BCUT2D eigenvalue weighted by atomic mass is 19.1. The number of hydrogen-bond donors (Lipinski definition) is 0. The number of carbonyl (C=O) groups excluding carboxylic acids is 1. The summed E-state index contributed by atoms with van der Waals surface area (Å²) in [4.78, 5) is 12.4. The van der Waals surface area contributed by atoms with Gasteiger partial charge in [0.1, 0.15) is 11.9 Å². The Balaban J connectivity index is 1.89. The van der Waals surface area contributed by atoms with Crippen molar-refractivity contribution in [3.8, 4) is 0 Å². The molecule has 3 heteroatoms. The summed E-state index contributed by atoms with van der Waals surface area (Å²) in [6.45, 7) is 6.19. The number of benzene rings is 2. The first-order valence-corrected chi connectivity index (χ1v) is 9.66. The molecule has 0 bridgehead atoms. The van der Waals surface area contributed by atoms with Crippen molar-refractivity contribution in [1.29, 1.82) is 0 Å². The first kappa shape index (κ1) is 18.6. The van der Waals surface area contributed by atoms with Gasteiger partial charge in [0.05, 0.1) is 5.56 Å². The first-order valence-electron chi connectivity index (χ1n) is 9.66. The van der Waals surface area contributed by atoms with Crippen LogP contribution in [0.5, 0.6) is 0 Å². The lowest BCUT2D eigenvalue weighted by Gasteiger charge is -2.26. The maximum atomic E-state index is 15.2. The first-order chi connectivity index (χ1) is 12.5. The van der Waals surface area contributed by atoms with Crippen molar-refractivity contribution in [2.45, 2.75) is 64.9 Å². The monoisotopic (exact) mass is 354 g/mol. The molecule has 0 amide bonds. The average Bonchev–Trinajstić information content (AvgIpc) is 2.62. The summed E-state index contributed by atoms with van der Waals surface area (Å²) in [5, 5.41) is 0. The Bertz CT molecular complexity index is 780. The minimum absolute atomic E-state index is 0.114. The third-order valence-corrected chi connectivity index (χ3v) is 5.28. The second kappa shape index (κ2) is 8.03. The largest absolute Gasteiger partial charge is 0.458 e. The SMILES string of the molecule is CCCc1ccc(C(C)c2ccc3c(c2F)C(=O)OC(CCC)C3)cc1. The van der Waals surface area contributed by atoms with Crippen LogP contribution in [0.2, 0.25) is 0 Å². The number of ether oxygens (including phenoxy) is 1. The summed E-state index contributed by atoms with van der Waals surface area (Å²) < 4.78 is 20.6. The molecular formula is C23H27FO2. The zero-order chi connectivity index (χ0) is 18.7. The highest BCUT2D eigenvalue weighted by Gasteiger charge is 2.31. The molecule has 1 aliphatic rings. The molecule has 2 aromatic rings. The van der Waals surface area contributed by atoms with Crippen LogP contribution in [0.4, 0.5) is 4.39 Å². The number of esters is 1. The van der Waals surface area contributed by atoms with E-state index in [-0.39, 0.29) is 17.6 Å². The third-order valence-electron chi connectivity index (χ3n) is 5.28. The molecule has 0 saturated carbocycles. The molecule has 2 nitrogen and oxygen atoms in total. The van der Waals surface area contributed by atoms with Gasteiger partial charge in [-0.25, -0.2) is 9.18 Å². The van der Waals surface area contributed by atoms with Gasteiger partial charge in [-0.3, -0.25) is 0 Å². The summed E-state index contributed by atoms with van der Waals surface area (Å²) in [6, 6.07) is 12.1. The van der Waals surface area contributed by atoms with Gasteiger partial charge in [-0.1, -0.05) is 70.0 Å². The Morgan fingerprint density at radius 3 is 2.50 bits per heavy atom. The van der Waals surface area contributed by atoms with Gasteiger partial charge in [0.2, 0.25) is 0 Å². The number of aryl methyl sites for hydroxylation is 1. The topological polar surface area (TPSA) is 26.3 Å². The van der Waals surface area contributed by atoms with E-state index in [9.17, 15) is 4.79 Å². The van der Waals surface area contributed by atoms with Crippen LogP contribution in [0, 0.1) is 5.82 Å². The summed E-state index contributed by atoms with van der Waals surface area (Å²) in [5.74, 6) is -1.06. The van der Waals surface area contributed by atoms with E-state index in [2.05, 4.69) is 38.1 Å². The number of rotatable bonds is 6. The minimum Gasteiger partial charge on any atom is -0.458 e. The van der Waals surface area contributed by atoms with Crippen LogP contribution in [0.3, 0.4) is 0 Å². The quantitative estimate of drug-likeness (QED) is 0.612. The smallest absolute Gasteiger partial charge is 0.341 e. The zero-order valence-electron chi connectivity index (χ0n) is 15.8. The van der Waals surface area contributed by atoms with Gasteiger partial charge in [-0.2, -0.15) is 0 Å². The summed E-state index contributed by atoms with van der Waals surface area (Å²) >= 11 is 0. The predicted molar refractivity (Wildman–Crippen MR) is 102 cm³/mol. The van der Waals surface area contributed by atoms with Crippen molar-refractivity contribution in [3.05, 3.63) is 70.0 Å². The summed E-state index contributed by atoms with van der Waals surface area (Å²) in [5.41, 5.74) is 3.80. The van der Waals surface area contributed by atoms with Crippen LogP contribution in [-0.2, 0) is 17.6 Å². The van der Waals surface area contributed by atoms with Crippen molar-refractivity contribution >= 4 is 5.97 Å². The summed E-state index contributed by atoms with van der Waals surface area (Å²) in [7, 11) is 0. The molecule has 26 heavy (non-hydrogen) atoms. The molecule has 0 N–H and O–H groups in total. The normalized spacial score (nSPS) is 17.5. The average molecular weight is 354 g/mol. The van der Waals surface area contributed by atoms with Gasteiger partial charge in [0.15, 0.2) is 0 Å². The summed E-state index contributed by atoms with van der Waals surface area (Å²) in [6.07, 6.45) is 4.39. The molecule has 2 aromatic carbocycles. The Kier molecular flexibility index (Phi) is 5.75. The number of halogens is 1. The minimum atomic E-state index is -0.519. The molecule has 1 aliphatic heterocycles. The van der Waals surface area contributed by atoms with E-state index in [1.54, 1.807) is 0 Å². The molecule has 2 unspecified atom stereocenters. The van der Waals surface area contributed by atoms with Crippen LogP contribution >= 0.6 is 0 Å². The highest BCUT2D eigenvalue weighted by molar-refractivity contribution is 5.93. The van der Waals surface area contributed by atoms with Crippen molar-refractivity contribution in [1.82, 2.24) is 0 Å². The Morgan fingerprint density at radius 2 is 1.85 bits per heavy atom. The molecule has 0 fully saturated rings. The van der Waals surface area contributed by atoms with Gasteiger partial charge in [-0.05, 0) is 35.1 Å². The zero-order valence-corrected chi connectivity index (χ0v) is 15.8. The van der Waals surface area contributed by atoms with Crippen LogP contribution < -0.4 is 0 Å². The number of fused-ring (bicyclic) bond motifs is 1. The van der Waals surface area contributed by atoms with Gasteiger partial charge in [0.25, 0.3) is 0 Å². The van der Waals surface area contributed by atoms with Crippen molar-refractivity contribution in [2.24, 2.45) is 0 Å². The standard InChI is InChI=1S/C23H27FO2/c1-4-6-16-8-10-17(11-9-16)15(3)20-13-12-18-14-19(7-5-2)26-23(25)21(18)22(20)24/h8-13,15,19H,4-7,14H2,1-3H3. The third kappa shape index (κ3) is 3.67. The molecule has 138 valence electrons. The number of carbonyl (C=O) groups is 1. The van der Waals surface area contributed by atoms with E-state index in [0.717, 1.165) is 36.8 Å². The number of cyclic esters (lactones) is 1. The van der Waals surface area contributed by atoms with E-state index < -0.39 is 11.8 Å². The second-order valence-electron chi connectivity index (χ2n) is 7.24. The van der Waals surface area contributed by atoms with Crippen LogP contribution in [0.1, 0.15) is 78.6 Å².